The molecule has 1 aliphatic carbocycles. The molecule has 0 aromatic heterocycles. The van der Waals surface area contributed by atoms with E-state index in [9.17, 15) is 4.79 Å². The summed E-state index contributed by atoms with van der Waals surface area (Å²) in [6, 6.07) is 7.57. The van der Waals surface area contributed by atoms with Crippen LogP contribution in [0.4, 0.5) is 0 Å². The van der Waals surface area contributed by atoms with Crippen LogP contribution in [0, 0.1) is 11.8 Å². The maximum atomic E-state index is 12.1. The van der Waals surface area contributed by atoms with Gasteiger partial charge in [0, 0.05) is 6.42 Å². The lowest BCUT2D eigenvalue weighted by Gasteiger charge is -2.28. The van der Waals surface area contributed by atoms with Gasteiger partial charge >= 0.3 is 5.97 Å². The zero-order valence-electron chi connectivity index (χ0n) is 14.2. The maximum Gasteiger partial charge on any atom is 0.373 e. The minimum absolute atomic E-state index is 0.0247. The number of hydrogen-bond donors (Lipinski definition) is 1. The summed E-state index contributed by atoms with van der Waals surface area (Å²) < 4.78 is 16.7. The van der Waals surface area contributed by atoms with Gasteiger partial charge in [-0.25, -0.2) is 4.79 Å². The fourth-order valence-electron chi connectivity index (χ4n) is 2.92. The number of ether oxygens (including phenoxy) is 3. The van der Waals surface area contributed by atoms with E-state index in [-0.39, 0.29) is 19.0 Å². The molecule has 134 valence electrons. The monoisotopic (exact) mass is 344 g/mol. The molecule has 2 aliphatic rings. The van der Waals surface area contributed by atoms with Crippen molar-refractivity contribution in [2.24, 2.45) is 11.8 Å². The number of carbonyl (C=O) groups excluding carboxylic acids is 1. The number of aliphatic hydroxyl groups is 1. The Morgan fingerprint density at radius 2 is 2.00 bits per heavy atom. The van der Waals surface area contributed by atoms with Crippen molar-refractivity contribution >= 4 is 5.97 Å². The summed E-state index contributed by atoms with van der Waals surface area (Å²) in [6.07, 6.45) is 6.08. The summed E-state index contributed by atoms with van der Waals surface area (Å²) in [4.78, 5) is 12.1. The first-order chi connectivity index (χ1) is 12.2. The number of benzene rings is 1. The minimum atomic E-state index is -0.467. The second kappa shape index (κ2) is 8.32. The molecule has 1 heterocycles. The number of hydrogen-bond acceptors (Lipinski definition) is 5. The van der Waals surface area contributed by atoms with E-state index in [4.69, 9.17) is 19.3 Å². The zero-order valence-corrected chi connectivity index (χ0v) is 14.2. The molecule has 1 fully saturated rings. The van der Waals surface area contributed by atoms with Gasteiger partial charge in [0.15, 0.2) is 0 Å². The Morgan fingerprint density at radius 3 is 2.64 bits per heavy atom. The standard InChI is InChI=1S/C20H24O5/c1-2-9-23-20(22)18-10-17(16-7-8-16)11-19(25-18)24-13-15-5-3-14(12-21)4-6-15/h2-6,10,16-17,19,21H,1,7-9,11-13H2/t17-,19+/m0/s1. The molecule has 3 rings (SSSR count). The van der Waals surface area contributed by atoms with Crippen molar-refractivity contribution in [3.8, 4) is 0 Å². The summed E-state index contributed by atoms with van der Waals surface area (Å²) in [6.45, 7) is 4.12. The number of esters is 1. The Morgan fingerprint density at radius 1 is 1.28 bits per heavy atom. The molecule has 2 atom stereocenters. The van der Waals surface area contributed by atoms with E-state index >= 15 is 0 Å². The molecule has 0 radical (unpaired) electrons. The van der Waals surface area contributed by atoms with Crippen molar-refractivity contribution in [1.82, 2.24) is 0 Å². The molecular formula is C20H24O5. The first kappa shape index (κ1) is 17.7. The molecule has 5 nitrogen and oxygen atoms in total. The van der Waals surface area contributed by atoms with E-state index in [0.717, 1.165) is 17.5 Å². The van der Waals surface area contributed by atoms with Crippen molar-refractivity contribution in [3.63, 3.8) is 0 Å². The normalized spacial score (nSPS) is 22.7. The lowest BCUT2D eigenvalue weighted by Crippen LogP contribution is -2.29. The molecule has 1 N–H and O–H groups in total. The molecule has 25 heavy (non-hydrogen) atoms. The summed E-state index contributed by atoms with van der Waals surface area (Å²) in [5.41, 5.74) is 1.86. The molecule has 1 aromatic rings. The Hall–Kier alpha value is -2.11. The largest absolute Gasteiger partial charge is 0.458 e. The average molecular weight is 344 g/mol. The quantitative estimate of drug-likeness (QED) is 0.580. The van der Waals surface area contributed by atoms with Gasteiger partial charge in [-0.05, 0) is 41.9 Å². The van der Waals surface area contributed by atoms with E-state index in [2.05, 4.69) is 6.58 Å². The van der Waals surface area contributed by atoms with Gasteiger partial charge in [0.25, 0.3) is 0 Å². The number of allylic oxidation sites excluding steroid dienone is 1. The summed E-state index contributed by atoms with van der Waals surface area (Å²) in [5, 5.41) is 9.08. The summed E-state index contributed by atoms with van der Waals surface area (Å²) in [5.74, 6) is 0.680. The van der Waals surface area contributed by atoms with E-state index < -0.39 is 12.3 Å². The second-order valence-corrected chi connectivity index (χ2v) is 6.49. The highest BCUT2D eigenvalue weighted by Gasteiger charge is 2.37. The Kier molecular flexibility index (Phi) is 5.89. The van der Waals surface area contributed by atoms with Gasteiger partial charge in [-0.15, -0.1) is 0 Å². The molecule has 0 bridgehead atoms. The Bertz CT molecular complexity index is 630. The third-order valence-corrected chi connectivity index (χ3v) is 4.49. The molecule has 0 unspecified atom stereocenters. The molecule has 1 saturated carbocycles. The molecule has 0 saturated heterocycles. The Balaban J connectivity index is 1.59. The van der Waals surface area contributed by atoms with Crippen LogP contribution in [-0.4, -0.2) is 24.0 Å². The van der Waals surface area contributed by atoms with Crippen LogP contribution in [0.5, 0.6) is 0 Å². The van der Waals surface area contributed by atoms with Crippen LogP contribution >= 0.6 is 0 Å². The van der Waals surface area contributed by atoms with Crippen LogP contribution in [0.25, 0.3) is 0 Å². The Labute approximate surface area is 147 Å². The van der Waals surface area contributed by atoms with Crippen molar-refractivity contribution in [3.05, 3.63) is 59.9 Å². The zero-order chi connectivity index (χ0) is 17.6. The highest BCUT2D eigenvalue weighted by Crippen LogP contribution is 2.43. The topological polar surface area (TPSA) is 65.0 Å². The van der Waals surface area contributed by atoms with Crippen molar-refractivity contribution in [2.45, 2.75) is 38.8 Å². The van der Waals surface area contributed by atoms with Gasteiger partial charge < -0.3 is 19.3 Å². The highest BCUT2D eigenvalue weighted by molar-refractivity contribution is 5.86. The van der Waals surface area contributed by atoms with Crippen LogP contribution in [0.1, 0.15) is 30.4 Å². The predicted octanol–water partition coefficient (Wildman–Crippen LogP) is 3.08. The van der Waals surface area contributed by atoms with Crippen LogP contribution in [-0.2, 0) is 32.2 Å². The van der Waals surface area contributed by atoms with Gasteiger partial charge in [0.2, 0.25) is 12.0 Å². The SMILES string of the molecule is C=CCOC(=O)C1=C[C@H](C2CC2)C[C@H](OCc2ccc(CO)cc2)O1. The van der Waals surface area contributed by atoms with Gasteiger partial charge in [0.1, 0.15) is 6.61 Å². The first-order valence-electron chi connectivity index (χ1n) is 8.66. The predicted molar refractivity (Wildman–Crippen MR) is 92.1 cm³/mol. The van der Waals surface area contributed by atoms with Gasteiger partial charge in [0.05, 0.1) is 13.2 Å². The van der Waals surface area contributed by atoms with Crippen LogP contribution in [0.15, 0.2) is 48.8 Å². The molecular weight excluding hydrogens is 320 g/mol. The van der Waals surface area contributed by atoms with E-state index in [0.29, 0.717) is 18.4 Å². The van der Waals surface area contributed by atoms with Crippen molar-refractivity contribution in [1.29, 1.82) is 0 Å². The maximum absolute atomic E-state index is 12.1. The lowest BCUT2D eigenvalue weighted by molar-refractivity contribution is -0.166. The van der Waals surface area contributed by atoms with Crippen LogP contribution in [0.3, 0.4) is 0 Å². The summed E-state index contributed by atoms with van der Waals surface area (Å²) >= 11 is 0. The van der Waals surface area contributed by atoms with Crippen LogP contribution < -0.4 is 0 Å². The third kappa shape index (κ3) is 4.94. The fourth-order valence-corrected chi connectivity index (χ4v) is 2.92. The molecule has 1 aliphatic heterocycles. The van der Waals surface area contributed by atoms with Gasteiger partial charge in [-0.2, -0.15) is 0 Å². The molecule has 1 aromatic carbocycles. The van der Waals surface area contributed by atoms with Crippen molar-refractivity contribution in [2.75, 3.05) is 6.61 Å². The van der Waals surface area contributed by atoms with E-state index in [1.807, 2.05) is 30.3 Å². The second-order valence-electron chi connectivity index (χ2n) is 6.49. The first-order valence-corrected chi connectivity index (χ1v) is 8.66. The molecule has 5 heteroatoms. The van der Waals surface area contributed by atoms with Gasteiger partial charge in [-0.1, -0.05) is 36.9 Å². The lowest BCUT2D eigenvalue weighted by atomic mass is 9.96. The average Bonchev–Trinajstić information content (AvgIpc) is 3.50. The van der Waals surface area contributed by atoms with E-state index in [1.54, 1.807) is 0 Å². The fraction of sp³-hybridized carbons (Fsp3) is 0.450. The number of carbonyl (C=O) groups is 1. The highest BCUT2D eigenvalue weighted by atomic mass is 16.7. The van der Waals surface area contributed by atoms with Crippen molar-refractivity contribution < 1.29 is 24.1 Å². The summed E-state index contributed by atoms with van der Waals surface area (Å²) in [7, 11) is 0. The molecule has 0 amide bonds. The van der Waals surface area contributed by atoms with Gasteiger partial charge in [-0.3, -0.25) is 0 Å². The number of aliphatic hydroxyl groups excluding tert-OH is 1. The molecule has 0 spiro atoms. The third-order valence-electron chi connectivity index (χ3n) is 4.49. The smallest absolute Gasteiger partial charge is 0.373 e. The minimum Gasteiger partial charge on any atom is -0.458 e. The van der Waals surface area contributed by atoms with Crippen LogP contribution in [0.2, 0.25) is 0 Å². The van der Waals surface area contributed by atoms with E-state index in [1.165, 1.54) is 18.9 Å². The number of rotatable bonds is 8.